The summed E-state index contributed by atoms with van der Waals surface area (Å²) in [7, 11) is 2.07. The van der Waals surface area contributed by atoms with Gasteiger partial charge in [-0.3, -0.25) is 4.68 Å². The number of aryl methyl sites for hydroxylation is 1. The van der Waals surface area contributed by atoms with Crippen molar-refractivity contribution in [3.8, 4) is 0 Å². The van der Waals surface area contributed by atoms with E-state index in [0.717, 1.165) is 38.5 Å². The van der Waals surface area contributed by atoms with E-state index < -0.39 is 6.09 Å². The fraction of sp³-hybridized carbons (Fsp3) is 0.765. The second-order valence-electron chi connectivity index (χ2n) is 7.67. The molecule has 0 aromatic carbocycles. The Kier molecular flexibility index (Phi) is 3.69. The fourth-order valence-electron chi connectivity index (χ4n) is 4.44. The average molecular weight is 305 g/mol. The molecule has 0 atom stereocenters. The van der Waals surface area contributed by atoms with Crippen molar-refractivity contribution in [2.24, 2.45) is 12.5 Å². The van der Waals surface area contributed by atoms with Crippen LogP contribution in [0, 0.1) is 5.41 Å². The maximum Gasteiger partial charge on any atom is 0.404 e. The van der Waals surface area contributed by atoms with Crippen LogP contribution in [0.2, 0.25) is 0 Å². The van der Waals surface area contributed by atoms with E-state index in [0.29, 0.717) is 12.5 Å². The van der Waals surface area contributed by atoms with Gasteiger partial charge in [-0.1, -0.05) is 13.8 Å². The second-order valence-corrected chi connectivity index (χ2v) is 7.67. The Hall–Kier alpha value is -1.52. The minimum Gasteiger partial charge on any atom is -0.465 e. The number of carbonyl (C=O) groups is 1. The molecular weight excluding hydrogens is 278 g/mol. The predicted molar refractivity (Wildman–Crippen MR) is 85.1 cm³/mol. The first-order chi connectivity index (χ1) is 10.4. The molecule has 3 saturated carbocycles. The zero-order chi connectivity index (χ0) is 16.0. The van der Waals surface area contributed by atoms with E-state index >= 15 is 0 Å². The van der Waals surface area contributed by atoms with Crippen LogP contribution >= 0.6 is 0 Å². The number of fused-ring (bicyclic) bond motifs is 3. The highest BCUT2D eigenvalue weighted by molar-refractivity contribution is 5.64. The maximum atomic E-state index is 10.8. The first-order valence-corrected chi connectivity index (χ1v) is 8.37. The molecule has 22 heavy (non-hydrogen) atoms. The number of amides is 1. The summed E-state index contributed by atoms with van der Waals surface area (Å²) < 4.78 is 2.09. The Morgan fingerprint density at radius 2 is 1.91 bits per heavy atom. The van der Waals surface area contributed by atoms with Crippen molar-refractivity contribution in [3.63, 3.8) is 0 Å². The summed E-state index contributed by atoms with van der Waals surface area (Å²) in [5, 5.41) is 16.2. The molecule has 0 spiro atoms. The van der Waals surface area contributed by atoms with Gasteiger partial charge < -0.3 is 10.4 Å². The van der Waals surface area contributed by atoms with E-state index in [4.69, 9.17) is 10.2 Å². The van der Waals surface area contributed by atoms with Crippen molar-refractivity contribution < 1.29 is 9.90 Å². The van der Waals surface area contributed by atoms with Crippen molar-refractivity contribution in [2.45, 2.75) is 63.7 Å². The van der Waals surface area contributed by atoms with Gasteiger partial charge in [0.2, 0.25) is 0 Å². The monoisotopic (exact) mass is 305 g/mol. The van der Waals surface area contributed by atoms with Gasteiger partial charge in [-0.05, 0) is 55.9 Å². The van der Waals surface area contributed by atoms with Crippen LogP contribution in [0.1, 0.15) is 69.7 Å². The molecule has 1 aromatic rings. The molecule has 3 aliphatic rings. The summed E-state index contributed by atoms with van der Waals surface area (Å²) in [6.45, 7) is 4.99. The third kappa shape index (κ3) is 2.50. The lowest BCUT2D eigenvalue weighted by Gasteiger charge is -2.53. The Morgan fingerprint density at radius 1 is 1.32 bits per heavy atom. The van der Waals surface area contributed by atoms with Gasteiger partial charge in [-0.25, -0.2) is 4.79 Å². The molecule has 122 valence electrons. The maximum absolute atomic E-state index is 10.8. The zero-order valence-electron chi connectivity index (χ0n) is 13.9. The molecule has 5 heteroatoms. The van der Waals surface area contributed by atoms with E-state index in [1.807, 2.05) is 0 Å². The molecular formula is C17H27N3O2. The summed E-state index contributed by atoms with van der Waals surface area (Å²) in [5.41, 5.74) is 3.02. The topological polar surface area (TPSA) is 67.2 Å². The molecule has 0 aliphatic heterocycles. The summed E-state index contributed by atoms with van der Waals surface area (Å²) >= 11 is 0. The standard InChI is InChI=1S/C17H27N3O2/c1-12(2)13-10-14(20(3)19-13)17-7-4-16(5-8-17,6-9-17)11-18-15(21)22/h10,12,18H,4-9,11H2,1-3H3,(H,21,22). The van der Waals surface area contributed by atoms with Gasteiger partial charge in [0.1, 0.15) is 0 Å². The second kappa shape index (κ2) is 5.28. The van der Waals surface area contributed by atoms with Gasteiger partial charge in [0, 0.05) is 24.7 Å². The largest absolute Gasteiger partial charge is 0.465 e. The summed E-state index contributed by atoms with van der Waals surface area (Å²) in [5.74, 6) is 0.461. The van der Waals surface area contributed by atoms with Gasteiger partial charge in [-0.2, -0.15) is 5.10 Å². The highest BCUT2D eigenvalue weighted by atomic mass is 16.4. The van der Waals surface area contributed by atoms with Gasteiger partial charge in [0.25, 0.3) is 0 Å². The lowest BCUT2D eigenvalue weighted by Crippen LogP contribution is -2.49. The zero-order valence-corrected chi connectivity index (χ0v) is 13.9. The van der Waals surface area contributed by atoms with Crippen LogP contribution in [0.15, 0.2) is 6.07 Å². The van der Waals surface area contributed by atoms with Crippen LogP contribution in [0.25, 0.3) is 0 Å². The number of rotatable bonds is 4. The molecule has 1 amide bonds. The van der Waals surface area contributed by atoms with Crippen molar-refractivity contribution in [1.82, 2.24) is 15.1 Å². The molecule has 2 N–H and O–H groups in total. The van der Waals surface area contributed by atoms with E-state index in [9.17, 15) is 4.79 Å². The highest BCUT2D eigenvalue weighted by Gasteiger charge is 2.50. The van der Waals surface area contributed by atoms with Gasteiger partial charge >= 0.3 is 6.09 Å². The molecule has 0 radical (unpaired) electrons. The molecule has 0 saturated heterocycles. The SMILES string of the molecule is CC(C)c1cc(C23CCC(CNC(=O)O)(CC2)CC3)n(C)n1. The molecule has 1 heterocycles. The molecule has 1 aromatic heterocycles. The van der Waals surface area contributed by atoms with Crippen LogP contribution < -0.4 is 5.32 Å². The Bertz CT molecular complexity index is 552. The van der Waals surface area contributed by atoms with Crippen molar-refractivity contribution in [2.75, 3.05) is 6.54 Å². The smallest absolute Gasteiger partial charge is 0.404 e. The van der Waals surface area contributed by atoms with E-state index in [1.54, 1.807) is 0 Å². The number of nitrogens with one attached hydrogen (secondary N) is 1. The third-order valence-electron chi connectivity index (χ3n) is 6.05. The highest BCUT2D eigenvalue weighted by Crippen LogP contribution is 2.57. The average Bonchev–Trinajstić information content (AvgIpc) is 2.90. The van der Waals surface area contributed by atoms with E-state index in [-0.39, 0.29) is 10.8 Å². The number of hydrogen-bond donors (Lipinski definition) is 2. The molecule has 2 bridgehead atoms. The first-order valence-electron chi connectivity index (χ1n) is 8.37. The van der Waals surface area contributed by atoms with Crippen LogP contribution in [0.5, 0.6) is 0 Å². The van der Waals surface area contributed by atoms with Crippen LogP contribution in [-0.4, -0.2) is 27.5 Å². The normalized spacial score (nSPS) is 30.7. The summed E-state index contributed by atoms with van der Waals surface area (Å²) in [4.78, 5) is 10.8. The minimum absolute atomic E-state index is 0.194. The Morgan fingerprint density at radius 3 is 2.36 bits per heavy atom. The van der Waals surface area contributed by atoms with Gasteiger partial charge in [0.05, 0.1) is 5.69 Å². The number of hydrogen-bond acceptors (Lipinski definition) is 2. The van der Waals surface area contributed by atoms with Gasteiger partial charge in [0.15, 0.2) is 0 Å². The van der Waals surface area contributed by atoms with E-state index in [1.165, 1.54) is 11.4 Å². The third-order valence-corrected chi connectivity index (χ3v) is 6.05. The summed E-state index contributed by atoms with van der Waals surface area (Å²) in [6, 6.07) is 2.30. The van der Waals surface area contributed by atoms with Crippen molar-refractivity contribution >= 4 is 6.09 Å². The van der Waals surface area contributed by atoms with Crippen LogP contribution in [-0.2, 0) is 12.5 Å². The number of carboxylic acid groups (broad SMARTS) is 1. The molecule has 0 unspecified atom stereocenters. The molecule has 3 fully saturated rings. The summed E-state index contributed by atoms with van der Waals surface area (Å²) in [6.07, 6.45) is 5.94. The van der Waals surface area contributed by atoms with Crippen molar-refractivity contribution in [3.05, 3.63) is 17.5 Å². The Balaban J connectivity index is 1.77. The van der Waals surface area contributed by atoms with Crippen LogP contribution in [0.4, 0.5) is 4.79 Å². The lowest BCUT2D eigenvalue weighted by atomic mass is 9.52. The minimum atomic E-state index is -0.898. The van der Waals surface area contributed by atoms with Crippen LogP contribution in [0.3, 0.4) is 0 Å². The predicted octanol–water partition coefficient (Wildman–Crippen LogP) is 3.40. The first kappa shape index (κ1) is 15.4. The molecule has 4 rings (SSSR count). The fourth-order valence-corrected chi connectivity index (χ4v) is 4.44. The lowest BCUT2D eigenvalue weighted by molar-refractivity contribution is 0.0363. The number of nitrogens with zero attached hydrogens (tertiary/aromatic N) is 2. The molecule has 3 aliphatic carbocycles. The van der Waals surface area contributed by atoms with Gasteiger partial charge in [-0.15, -0.1) is 0 Å². The molecule has 5 nitrogen and oxygen atoms in total. The van der Waals surface area contributed by atoms with Crippen molar-refractivity contribution in [1.29, 1.82) is 0 Å². The van der Waals surface area contributed by atoms with E-state index in [2.05, 4.69) is 37.0 Å². The Labute approximate surface area is 132 Å². The quantitative estimate of drug-likeness (QED) is 0.896. The number of aromatic nitrogens is 2.